The maximum Gasteiger partial charge on any atom is 0.417 e. The predicted octanol–water partition coefficient (Wildman–Crippen LogP) is 1.01. The third kappa shape index (κ3) is 5.64. The van der Waals surface area contributed by atoms with Gasteiger partial charge in [-0.05, 0) is 24.4 Å². The SMILES string of the molecule is CC(=O)OCC(=O)N(N)C(=S)N1CCN(C(=O)c2ccccc2C(F)(F)F)CC1. The number of halogens is 3. The van der Waals surface area contributed by atoms with E-state index in [-0.39, 0.29) is 31.3 Å². The highest BCUT2D eigenvalue weighted by atomic mass is 32.1. The lowest BCUT2D eigenvalue weighted by molar-refractivity contribution is -0.148. The van der Waals surface area contributed by atoms with Crippen molar-refractivity contribution in [3.8, 4) is 0 Å². The molecule has 0 spiro atoms. The maximum atomic E-state index is 13.1. The van der Waals surface area contributed by atoms with E-state index in [1.807, 2.05) is 0 Å². The summed E-state index contributed by atoms with van der Waals surface area (Å²) in [5.74, 6) is 3.52. The maximum absolute atomic E-state index is 13.1. The van der Waals surface area contributed by atoms with Gasteiger partial charge in [-0.15, -0.1) is 0 Å². The Balaban J connectivity index is 1.99. The van der Waals surface area contributed by atoms with Crippen LogP contribution in [0.4, 0.5) is 13.2 Å². The second kappa shape index (κ2) is 9.18. The summed E-state index contributed by atoms with van der Waals surface area (Å²) in [7, 11) is 0. The van der Waals surface area contributed by atoms with Gasteiger partial charge in [0.05, 0.1) is 11.1 Å². The fraction of sp³-hybridized carbons (Fsp3) is 0.412. The monoisotopic (exact) mass is 432 g/mol. The molecule has 0 bridgehead atoms. The van der Waals surface area contributed by atoms with Crippen LogP contribution in [0.25, 0.3) is 0 Å². The molecule has 0 unspecified atom stereocenters. The van der Waals surface area contributed by atoms with Crippen LogP contribution in [0.15, 0.2) is 24.3 Å². The molecule has 158 valence electrons. The van der Waals surface area contributed by atoms with Crippen LogP contribution in [0, 0.1) is 0 Å². The van der Waals surface area contributed by atoms with Crippen LogP contribution in [0.5, 0.6) is 0 Å². The quantitative estimate of drug-likeness (QED) is 0.250. The van der Waals surface area contributed by atoms with Gasteiger partial charge in [-0.1, -0.05) is 12.1 Å². The first-order valence-corrected chi connectivity index (χ1v) is 8.88. The smallest absolute Gasteiger partial charge is 0.417 e. The standard InChI is InChI=1S/C17H19F3N4O4S/c1-11(25)28-10-14(26)24(21)16(29)23-8-6-22(7-9-23)15(27)12-4-2-3-5-13(12)17(18,19)20/h2-5H,6-10,21H2,1H3. The first-order chi connectivity index (χ1) is 13.5. The highest BCUT2D eigenvalue weighted by molar-refractivity contribution is 7.80. The molecule has 12 heteroatoms. The average Bonchev–Trinajstić information content (AvgIpc) is 2.69. The number of ether oxygens (including phenoxy) is 1. The second-order valence-corrected chi connectivity index (χ2v) is 6.51. The van der Waals surface area contributed by atoms with Crippen molar-refractivity contribution in [2.75, 3.05) is 32.8 Å². The Morgan fingerprint density at radius 1 is 1.14 bits per heavy atom. The molecule has 0 saturated carbocycles. The molecule has 2 N–H and O–H groups in total. The van der Waals surface area contributed by atoms with E-state index >= 15 is 0 Å². The molecular formula is C17H19F3N4O4S. The van der Waals surface area contributed by atoms with Crippen molar-refractivity contribution in [3.63, 3.8) is 0 Å². The van der Waals surface area contributed by atoms with Crippen LogP contribution in [0.2, 0.25) is 0 Å². The summed E-state index contributed by atoms with van der Waals surface area (Å²) in [6.45, 7) is 1.10. The zero-order chi connectivity index (χ0) is 21.8. The lowest BCUT2D eigenvalue weighted by atomic mass is 10.1. The normalized spacial score (nSPS) is 14.4. The van der Waals surface area contributed by atoms with Crippen LogP contribution in [0.3, 0.4) is 0 Å². The number of carbonyl (C=O) groups excluding carboxylic acids is 3. The molecule has 1 fully saturated rings. The predicted molar refractivity (Wildman–Crippen MR) is 99.2 cm³/mol. The van der Waals surface area contributed by atoms with Gasteiger partial charge in [0.1, 0.15) is 0 Å². The molecule has 1 aromatic rings. The highest BCUT2D eigenvalue weighted by Crippen LogP contribution is 2.32. The van der Waals surface area contributed by atoms with Crippen molar-refractivity contribution in [1.29, 1.82) is 0 Å². The Hall–Kier alpha value is -2.73. The Kier molecular flexibility index (Phi) is 7.14. The van der Waals surface area contributed by atoms with Crippen LogP contribution >= 0.6 is 12.2 Å². The van der Waals surface area contributed by atoms with Crippen LogP contribution in [-0.2, 0) is 20.5 Å². The number of hydrazine groups is 1. The van der Waals surface area contributed by atoms with Gasteiger partial charge < -0.3 is 14.5 Å². The zero-order valence-corrected chi connectivity index (χ0v) is 16.3. The molecule has 8 nitrogen and oxygen atoms in total. The number of thiocarbonyl (C=S) groups is 1. The van der Waals surface area contributed by atoms with E-state index in [0.717, 1.165) is 19.1 Å². The molecule has 0 aromatic heterocycles. The van der Waals surface area contributed by atoms with Gasteiger partial charge in [-0.2, -0.15) is 13.2 Å². The van der Waals surface area contributed by atoms with Crippen LogP contribution < -0.4 is 5.84 Å². The number of hydrogen-bond donors (Lipinski definition) is 1. The van der Waals surface area contributed by atoms with Crippen LogP contribution in [-0.4, -0.2) is 70.5 Å². The van der Waals surface area contributed by atoms with E-state index in [1.165, 1.54) is 17.0 Å². The topological polar surface area (TPSA) is 96.2 Å². The minimum absolute atomic E-state index is 0.0371. The van der Waals surface area contributed by atoms with E-state index in [1.54, 1.807) is 4.90 Å². The summed E-state index contributed by atoms with van der Waals surface area (Å²) >= 11 is 5.13. The Morgan fingerprint density at radius 2 is 1.69 bits per heavy atom. The fourth-order valence-electron chi connectivity index (χ4n) is 2.68. The van der Waals surface area contributed by atoms with Crippen molar-refractivity contribution in [2.24, 2.45) is 5.84 Å². The van der Waals surface area contributed by atoms with Gasteiger partial charge in [0.25, 0.3) is 11.8 Å². The number of hydrogen-bond acceptors (Lipinski definition) is 6. The number of benzene rings is 1. The van der Waals surface area contributed by atoms with E-state index in [4.69, 9.17) is 18.1 Å². The zero-order valence-electron chi connectivity index (χ0n) is 15.4. The largest absolute Gasteiger partial charge is 0.456 e. The van der Waals surface area contributed by atoms with Crippen molar-refractivity contribution in [1.82, 2.24) is 14.8 Å². The van der Waals surface area contributed by atoms with Gasteiger partial charge in [-0.25, -0.2) is 10.9 Å². The van der Waals surface area contributed by atoms with Gasteiger partial charge >= 0.3 is 12.1 Å². The van der Waals surface area contributed by atoms with Crippen molar-refractivity contribution in [2.45, 2.75) is 13.1 Å². The number of rotatable bonds is 3. The first kappa shape index (κ1) is 22.6. The first-order valence-electron chi connectivity index (χ1n) is 8.47. The number of esters is 1. The number of alkyl halides is 3. The molecule has 1 aliphatic heterocycles. The summed E-state index contributed by atoms with van der Waals surface area (Å²) in [5.41, 5.74) is -1.42. The summed E-state index contributed by atoms with van der Waals surface area (Å²) in [6.07, 6.45) is -4.64. The van der Waals surface area contributed by atoms with Crippen molar-refractivity contribution < 1.29 is 32.3 Å². The molecule has 0 atom stereocenters. The van der Waals surface area contributed by atoms with E-state index in [0.29, 0.717) is 5.01 Å². The number of nitrogens with two attached hydrogens (primary N) is 1. The third-order valence-electron chi connectivity index (χ3n) is 4.17. The van der Waals surface area contributed by atoms with Gasteiger partial charge in [-0.3, -0.25) is 14.4 Å². The molecule has 1 aromatic carbocycles. The van der Waals surface area contributed by atoms with Gasteiger partial charge in [0, 0.05) is 33.1 Å². The van der Waals surface area contributed by atoms with Gasteiger partial charge in [0.15, 0.2) is 11.7 Å². The summed E-state index contributed by atoms with van der Waals surface area (Å²) in [4.78, 5) is 38.0. The average molecular weight is 432 g/mol. The summed E-state index contributed by atoms with van der Waals surface area (Å²) in [5, 5.41) is 0.624. The van der Waals surface area contributed by atoms with Crippen molar-refractivity contribution >= 4 is 35.1 Å². The lowest BCUT2D eigenvalue weighted by Crippen LogP contribution is -2.57. The molecule has 0 radical (unpaired) electrons. The summed E-state index contributed by atoms with van der Waals surface area (Å²) < 4.78 is 44.0. The second-order valence-electron chi connectivity index (χ2n) is 6.15. The van der Waals surface area contributed by atoms with E-state index < -0.39 is 41.7 Å². The Labute approximate surface area is 169 Å². The Bertz CT molecular complexity index is 810. The third-order valence-corrected chi connectivity index (χ3v) is 4.63. The summed E-state index contributed by atoms with van der Waals surface area (Å²) in [6, 6.07) is 4.59. The highest BCUT2D eigenvalue weighted by Gasteiger charge is 2.36. The molecule has 2 rings (SSSR count). The molecular weight excluding hydrogens is 413 g/mol. The Morgan fingerprint density at radius 3 is 2.24 bits per heavy atom. The minimum Gasteiger partial charge on any atom is -0.456 e. The van der Waals surface area contributed by atoms with E-state index in [9.17, 15) is 27.6 Å². The number of amides is 2. The molecule has 1 saturated heterocycles. The number of nitrogens with zero attached hydrogens (tertiary/aromatic N) is 3. The van der Waals surface area contributed by atoms with E-state index in [2.05, 4.69) is 4.74 Å². The number of piperazine rings is 1. The molecule has 2 amide bonds. The molecule has 1 heterocycles. The molecule has 1 aliphatic rings. The fourth-order valence-corrected chi connectivity index (χ4v) is 2.96. The van der Waals surface area contributed by atoms with Crippen molar-refractivity contribution in [3.05, 3.63) is 35.4 Å². The number of carbonyl (C=O) groups is 3. The molecule has 0 aliphatic carbocycles. The lowest BCUT2D eigenvalue weighted by Gasteiger charge is -2.37. The molecule has 29 heavy (non-hydrogen) atoms. The van der Waals surface area contributed by atoms with Gasteiger partial charge in [0.2, 0.25) is 0 Å². The van der Waals surface area contributed by atoms with Crippen LogP contribution in [0.1, 0.15) is 22.8 Å². The minimum atomic E-state index is -4.64.